The third-order valence-corrected chi connectivity index (χ3v) is 5.42. The highest BCUT2D eigenvalue weighted by atomic mass is 79.9. The van der Waals surface area contributed by atoms with Crippen LogP contribution in [-0.2, 0) is 14.8 Å². The Balaban J connectivity index is 1.88. The van der Waals surface area contributed by atoms with Crippen LogP contribution < -0.4 is 5.32 Å². The van der Waals surface area contributed by atoms with E-state index in [0.29, 0.717) is 37.1 Å². The number of morpholine rings is 1. The van der Waals surface area contributed by atoms with Gasteiger partial charge in [-0.3, -0.25) is 0 Å². The molecule has 1 aromatic rings. The second kappa shape index (κ2) is 7.04. The zero-order valence-electron chi connectivity index (χ0n) is 10.7. The fraction of sp³-hybridized carbons (Fsp3) is 0.545. The van der Waals surface area contributed by atoms with Gasteiger partial charge in [0.05, 0.1) is 24.0 Å². The smallest absolute Gasteiger partial charge is 0.215 e. The summed E-state index contributed by atoms with van der Waals surface area (Å²) in [6.45, 7) is 1.99. The van der Waals surface area contributed by atoms with Crippen LogP contribution in [0, 0.1) is 0 Å². The molecule has 0 aromatic carbocycles. The molecule has 0 amide bonds. The number of anilines is 1. The van der Waals surface area contributed by atoms with Gasteiger partial charge in [-0.1, -0.05) is 11.6 Å². The average Bonchev–Trinajstić information content (AvgIpc) is 2.42. The fourth-order valence-electron chi connectivity index (χ4n) is 1.80. The van der Waals surface area contributed by atoms with Gasteiger partial charge in [0.1, 0.15) is 5.82 Å². The lowest BCUT2D eigenvalue weighted by molar-refractivity contribution is 0.0731. The molecule has 0 unspecified atom stereocenters. The Bertz CT molecular complexity index is 564. The lowest BCUT2D eigenvalue weighted by atomic mass is 10.4. The van der Waals surface area contributed by atoms with E-state index in [9.17, 15) is 8.42 Å². The van der Waals surface area contributed by atoms with Gasteiger partial charge in [0, 0.05) is 30.3 Å². The summed E-state index contributed by atoms with van der Waals surface area (Å²) >= 11 is 9.26. The molecule has 1 fully saturated rings. The number of halogens is 2. The van der Waals surface area contributed by atoms with Crippen molar-refractivity contribution in [2.24, 2.45) is 0 Å². The van der Waals surface area contributed by atoms with Crippen LogP contribution in [0.15, 0.2) is 16.7 Å². The molecule has 1 saturated heterocycles. The number of pyridine rings is 1. The lowest BCUT2D eigenvalue weighted by Gasteiger charge is -2.26. The van der Waals surface area contributed by atoms with E-state index in [0.717, 1.165) is 4.47 Å². The predicted molar refractivity (Wildman–Crippen MR) is 81.6 cm³/mol. The SMILES string of the molecule is O=S(=O)(CCNc1ncc(Br)cc1Cl)N1CCOCC1. The highest BCUT2D eigenvalue weighted by Gasteiger charge is 2.23. The van der Waals surface area contributed by atoms with Gasteiger partial charge in [-0.25, -0.2) is 13.4 Å². The number of nitrogens with one attached hydrogen (secondary N) is 1. The molecule has 2 heterocycles. The van der Waals surface area contributed by atoms with E-state index in [1.807, 2.05) is 0 Å². The van der Waals surface area contributed by atoms with Crippen LogP contribution in [0.1, 0.15) is 0 Å². The molecule has 9 heteroatoms. The number of hydrogen-bond acceptors (Lipinski definition) is 5. The maximum atomic E-state index is 12.1. The van der Waals surface area contributed by atoms with Gasteiger partial charge < -0.3 is 10.1 Å². The maximum Gasteiger partial charge on any atom is 0.215 e. The highest BCUT2D eigenvalue weighted by Crippen LogP contribution is 2.22. The summed E-state index contributed by atoms with van der Waals surface area (Å²) in [5.41, 5.74) is 0. The van der Waals surface area contributed by atoms with E-state index in [1.165, 1.54) is 4.31 Å². The first-order chi connectivity index (χ1) is 9.49. The Morgan fingerprint density at radius 1 is 1.45 bits per heavy atom. The summed E-state index contributed by atoms with van der Waals surface area (Å²) in [7, 11) is -3.26. The van der Waals surface area contributed by atoms with E-state index >= 15 is 0 Å². The van der Waals surface area contributed by atoms with Crippen molar-refractivity contribution in [1.29, 1.82) is 0 Å². The molecule has 1 aliphatic rings. The van der Waals surface area contributed by atoms with Crippen molar-refractivity contribution in [3.63, 3.8) is 0 Å². The fourth-order valence-corrected chi connectivity index (χ4v) is 3.82. The summed E-state index contributed by atoms with van der Waals surface area (Å²) in [6, 6.07) is 1.70. The van der Waals surface area contributed by atoms with Crippen molar-refractivity contribution in [1.82, 2.24) is 9.29 Å². The molecule has 0 spiro atoms. The molecule has 0 aliphatic carbocycles. The van der Waals surface area contributed by atoms with Crippen molar-refractivity contribution in [2.45, 2.75) is 0 Å². The third kappa shape index (κ3) is 4.29. The van der Waals surface area contributed by atoms with Crippen molar-refractivity contribution < 1.29 is 13.2 Å². The summed E-state index contributed by atoms with van der Waals surface area (Å²) in [4.78, 5) is 4.09. The summed E-state index contributed by atoms with van der Waals surface area (Å²) in [5.74, 6) is 0.480. The number of nitrogens with zero attached hydrogens (tertiary/aromatic N) is 2. The first-order valence-corrected chi connectivity index (χ1v) is 8.87. The second-order valence-electron chi connectivity index (χ2n) is 4.24. The van der Waals surface area contributed by atoms with Crippen LogP contribution in [0.25, 0.3) is 0 Å². The molecule has 0 atom stereocenters. The van der Waals surface area contributed by atoms with Crippen LogP contribution >= 0.6 is 27.5 Å². The maximum absolute atomic E-state index is 12.1. The second-order valence-corrected chi connectivity index (χ2v) is 7.65. The van der Waals surface area contributed by atoms with Gasteiger partial charge in [0.25, 0.3) is 0 Å². The van der Waals surface area contributed by atoms with Gasteiger partial charge in [0.2, 0.25) is 10.0 Å². The van der Waals surface area contributed by atoms with Crippen molar-refractivity contribution in [2.75, 3.05) is 43.9 Å². The Morgan fingerprint density at radius 3 is 2.80 bits per heavy atom. The largest absolute Gasteiger partial charge is 0.379 e. The molecule has 0 bridgehead atoms. The topological polar surface area (TPSA) is 71.5 Å². The number of ether oxygens (including phenoxy) is 1. The monoisotopic (exact) mass is 383 g/mol. The Labute approximate surface area is 131 Å². The van der Waals surface area contributed by atoms with E-state index < -0.39 is 10.0 Å². The van der Waals surface area contributed by atoms with E-state index in [-0.39, 0.29) is 12.3 Å². The lowest BCUT2D eigenvalue weighted by Crippen LogP contribution is -2.42. The van der Waals surface area contributed by atoms with E-state index in [4.69, 9.17) is 16.3 Å². The normalized spacial score (nSPS) is 17.1. The van der Waals surface area contributed by atoms with Gasteiger partial charge >= 0.3 is 0 Å². The standard InChI is InChI=1S/C11H15BrClN3O3S/c12-9-7-10(13)11(15-8-9)14-1-6-20(17,18)16-2-4-19-5-3-16/h7-8H,1-6H2,(H,14,15). The molecule has 20 heavy (non-hydrogen) atoms. The molecule has 1 aromatic heterocycles. The first-order valence-electron chi connectivity index (χ1n) is 6.09. The van der Waals surface area contributed by atoms with E-state index in [1.54, 1.807) is 12.3 Å². The number of rotatable bonds is 5. The Hall–Kier alpha value is -0.410. The minimum Gasteiger partial charge on any atom is -0.379 e. The van der Waals surface area contributed by atoms with Crippen molar-refractivity contribution in [3.05, 3.63) is 21.8 Å². The van der Waals surface area contributed by atoms with Crippen molar-refractivity contribution >= 4 is 43.4 Å². The van der Waals surface area contributed by atoms with Gasteiger partial charge in [0.15, 0.2) is 0 Å². The molecule has 112 valence electrons. The van der Waals surface area contributed by atoms with Gasteiger partial charge in [-0.05, 0) is 22.0 Å². The van der Waals surface area contributed by atoms with Gasteiger partial charge in [-0.15, -0.1) is 0 Å². The molecule has 6 nitrogen and oxygen atoms in total. The minimum absolute atomic E-state index is 0.00106. The minimum atomic E-state index is -3.26. The quantitative estimate of drug-likeness (QED) is 0.834. The molecule has 1 aliphatic heterocycles. The Morgan fingerprint density at radius 2 is 2.15 bits per heavy atom. The number of aromatic nitrogens is 1. The van der Waals surface area contributed by atoms with Crippen LogP contribution in [-0.4, -0.2) is 56.3 Å². The van der Waals surface area contributed by atoms with Crippen LogP contribution in [0.5, 0.6) is 0 Å². The highest BCUT2D eigenvalue weighted by molar-refractivity contribution is 9.10. The molecule has 1 N–H and O–H groups in total. The molecule has 0 radical (unpaired) electrons. The molecular formula is C11H15BrClN3O3S. The van der Waals surface area contributed by atoms with Crippen molar-refractivity contribution in [3.8, 4) is 0 Å². The molecule has 0 saturated carbocycles. The van der Waals surface area contributed by atoms with E-state index in [2.05, 4.69) is 26.2 Å². The van der Waals surface area contributed by atoms with Crippen LogP contribution in [0.2, 0.25) is 5.02 Å². The molecule has 2 rings (SSSR count). The summed E-state index contributed by atoms with van der Waals surface area (Å²) in [5, 5.41) is 3.38. The van der Waals surface area contributed by atoms with Gasteiger partial charge in [-0.2, -0.15) is 4.31 Å². The summed E-state index contributed by atoms with van der Waals surface area (Å²) < 4.78 is 31.5. The third-order valence-electron chi connectivity index (χ3n) is 2.82. The average molecular weight is 385 g/mol. The Kier molecular flexibility index (Phi) is 5.62. The first kappa shape index (κ1) is 16.0. The number of hydrogen-bond donors (Lipinski definition) is 1. The van der Waals surface area contributed by atoms with Crippen LogP contribution in [0.4, 0.5) is 5.82 Å². The summed E-state index contributed by atoms with van der Waals surface area (Å²) in [6.07, 6.45) is 1.60. The zero-order valence-corrected chi connectivity index (χ0v) is 13.8. The zero-order chi connectivity index (χ0) is 14.6. The predicted octanol–water partition coefficient (Wildman–Crippen LogP) is 1.57. The number of sulfonamides is 1. The van der Waals surface area contributed by atoms with Crippen LogP contribution in [0.3, 0.4) is 0 Å². The molecular weight excluding hydrogens is 370 g/mol.